The Morgan fingerprint density at radius 3 is 2.84 bits per heavy atom. The van der Waals surface area contributed by atoms with Crippen LogP contribution in [0.4, 0.5) is 0 Å². The molecule has 3 heterocycles. The van der Waals surface area contributed by atoms with E-state index < -0.39 is 0 Å². The van der Waals surface area contributed by atoms with Crippen molar-refractivity contribution in [3.63, 3.8) is 0 Å². The van der Waals surface area contributed by atoms with Gasteiger partial charge in [-0.1, -0.05) is 25.5 Å². The maximum absolute atomic E-state index is 4.73. The van der Waals surface area contributed by atoms with Crippen LogP contribution in [0.3, 0.4) is 0 Å². The molecule has 19 heavy (non-hydrogen) atoms. The number of aromatic amines is 1. The number of pyridine rings is 1. The van der Waals surface area contributed by atoms with E-state index in [1.165, 1.54) is 10.6 Å². The van der Waals surface area contributed by atoms with Crippen LogP contribution in [0.5, 0.6) is 0 Å². The van der Waals surface area contributed by atoms with Gasteiger partial charge in [0.25, 0.3) is 0 Å². The Bertz CT molecular complexity index is 641. The highest BCUT2D eigenvalue weighted by atomic mass is 32.1. The number of rotatable bonds is 4. The van der Waals surface area contributed by atoms with E-state index in [0.29, 0.717) is 0 Å². The number of nitrogens with one attached hydrogen (secondary N) is 1. The SMILES string of the molecule is CCCc1[nH]c(-c2ccccn2)nc1-c1cccs1. The number of hydrogen-bond donors (Lipinski definition) is 1. The van der Waals surface area contributed by atoms with Crippen molar-refractivity contribution < 1.29 is 0 Å². The topological polar surface area (TPSA) is 41.6 Å². The van der Waals surface area contributed by atoms with E-state index in [1.54, 1.807) is 17.5 Å². The highest BCUT2D eigenvalue weighted by Gasteiger charge is 2.13. The van der Waals surface area contributed by atoms with Gasteiger partial charge in [0.2, 0.25) is 0 Å². The van der Waals surface area contributed by atoms with E-state index in [9.17, 15) is 0 Å². The lowest BCUT2D eigenvalue weighted by Gasteiger charge is -1.96. The maximum atomic E-state index is 4.73. The summed E-state index contributed by atoms with van der Waals surface area (Å²) in [6, 6.07) is 10.1. The third-order valence-electron chi connectivity index (χ3n) is 2.94. The summed E-state index contributed by atoms with van der Waals surface area (Å²) in [5, 5.41) is 2.08. The molecule has 3 aromatic rings. The number of H-pyrrole nitrogens is 1. The molecule has 0 radical (unpaired) electrons. The van der Waals surface area contributed by atoms with Crippen molar-refractivity contribution in [1.82, 2.24) is 15.0 Å². The van der Waals surface area contributed by atoms with Gasteiger partial charge in [-0.2, -0.15) is 0 Å². The van der Waals surface area contributed by atoms with E-state index in [4.69, 9.17) is 4.98 Å². The molecule has 0 aliphatic rings. The van der Waals surface area contributed by atoms with E-state index >= 15 is 0 Å². The zero-order valence-electron chi connectivity index (χ0n) is 10.8. The monoisotopic (exact) mass is 269 g/mol. The first-order valence-electron chi connectivity index (χ1n) is 6.42. The van der Waals surface area contributed by atoms with Crippen molar-refractivity contribution >= 4 is 11.3 Å². The Hall–Kier alpha value is -1.94. The minimum Gasteiger partial charge on any atom is -0.340 e. The summed E-state index contributed by atoms with van der Waals surface area (Å²) >= 11 is 1.72. The molecular formula is C15H15N3S. The van der Waals surface area contributed by atoms with Crippen LogP contribution in [0.15, 0.2) is 41.9 Å². The van der Waals surface area contributed by atoms with Crippen molar-refractivity contribution in [2.75, 3.05) is 0 Å². The van der Waals surface area contributed by atoms with Gasteiger partial charge in [0.15, 0.2) is 5.82 Å². The Morgan fingerprint density at radius 2 is 2.16 bits per heavy atom. The summed E-state index contributed by atoms with van der Waals surface area (Å²) in [5.74, 6) is 0.854. The van der Waals surface area contributed by atoms with E-state index in [1.807, 2.05) is 18.2 Å². The highest BCUT2D eigenvalue weighted by molar-refractivity contribution is 7.13. The Morgan fingerprint density at radius 1 is 1.21 bits per heavy atom. The molecule has 0 spiro atoms. The molecule has 0 saturated heterocycles. The summed E-state index contributed by atoms with van der Waals surface area (Å²) in [6.07, 6.45) is 3.90. The van der Waals surface area contributed by atoms with Gasteiger partial charge in [-0.25, -0.2) is 4.98 Å². The van der Waals surface area contributed by atoms with Crippen LogP contribution >= 0.6 is 11.3 Å². The van der Waals surface area contributed by atoms with Gasteiger partial charge in [-0.3, -0.25) is 4.98 Å². The zero-order valence-corrected chi connectivity index (χ0v) is 11.6. The molecule has 0 atom stereocenters. The standard InChI is InChI=1S/C15H15N3S/c1-2-6-11-14(13-8-5-10-19-13)18-15(17-11)12-7-3-4-9-16-12/h3-5,7-10H,2,6H2,1H3,(H,17,18). The molecule has 0 aromatic carbocycles. The highest BCUT2D eigenvalue weighted by Crippen LogP contribution is 2.29. The average Bonchev–Trinajstić information content (AvgIpc) is 3.09. The molecule has 3 rings (SSSR count). The van der Waals surface area contributed by atoms with Crippen LogP contribution in [0.2, 0.25) is 0 Å². The number of aryl methyl sites for hydroxylation is 1. The third-order valence-corrected chi connectivity index (χ3v) is 3.82. The maximum Gasteiger partial charge on any atom is 0.156 e. The zero-order chi connectivity index (χ0) is 13.1. The van der Waals surface area contributed by atoms with Crippen LogP contribution in [-0.4, -0.2) is 15.0 Å². The molecule has 0 saturated carbocycles. The summed E-state index contributed by atoms with van der Waals surface area (Å²) in [5.41, 5.74) is 3.16. The lowest BCUT2D eigenvalue weighted by molar-refractivity contribution is 0.895. The molecule has 4 heteroatoms. The smallest absolute Gasteiger partial charge is 0.156 e. The molecule has 0 aliphatic heterocycles. The molecule has 3 aromatic heterocycles. The number of hydrogen-bond acceptors (Lipinski definition) is 3. The average molecular weight is 269 g/mol. The summed E-state index contributed by atoms with van der Waals surface area (Å²) < 4.78 is 0. The number of aromatic nitrogens is 3. The molecule has 1 N–H and O–H groups in total. The van der Waals surface area contributed by atoms with Crippen molar-refractivity contribution in [2.45, 2.75) is 19.8 Å². The Labute approximate surface area is 116 Å². The number of imidazole rings is 1. The first kappa shape index (κ1) is 12.1. The van der Waals surface area contributed by atoms with E-state index in [0.717, 1.165) is 30.1 Å². The van der Waals surface area contributed by atoms with Gasteiger partial charge in [0.1, 0.15) is 11.4 Å². The van der Waals surface area contributed by atoms with Gasteiger partial charge in [0.05, 0.1) is 4.88 Å². The first-order chi connectivity index (χ1) is 9.38. The minimum absolute atomic E-state index is 0.854. The minimum atomic E-state index is 0.854. The van der Waals surface area contributed by atoms with Crippen LogP contribution in [-0.2, 0) is 6.42 Å². The van der Waals surface area contributed by atoms with E-state index in [2.05, 4.69) is 34.4 Å². The fourth-order valence-electron chi connectivity index (χ4n) is 2.08. The second kappa shape index (κ2) is 5.36. The van der Waals surface area contributed by atoms with Gasteiger partial charge in [-0.05, 0) is 30.0 Å². The largest absolute Gasteiger partial charge is 0.340 e. The molecule has 0 fully saturated rings. The van der Waals surface area contributed by atoms with E-state index in [-0.39, 0.29) is 0 Å². The first-order valence-corrected chi connectivity index (χ1v) is 7.30. The quantitative estimate of drug-likeness (QED) is 0.773. The fourth-order valence-corrected chi connectivity index (χ4v) is 2.82. The van der Waals surface area contributed by atoms with Gasteiger partial charge >= 0.3 is 0 Å². The third kappa shape index (κ3) is 2.44. The van der Waals surface area contributed by atoms with Crippen molar-refractivity contribution in [3.05, 3.63) is 47.6 Å². The van der Waals surface area contributed by atoms with Crippen molar-refractivity contribution in [1.29, 1.82) is 0 Å². The van der Waals surface area contributed by atoms with Crippen LogP contribution in [0.1, 0.15) is 19.0 Å². The second-order valence-electron chi connectivity index (χ2n) is 4.35. The Balaban J connectivity index is 2.07. The lowest BCUT2D eigenvalue weighted by atomic mass is 10.2. The summed E-state index contributed by atoms with van der Waals surface area (Å²) in [7, 11) is 0. The molecule has 0 unspecified atom stereocenters. The van der Waals surface area contributed by atoms with Crippen LogP contribution < -0.4 is 0 Å². The van der Waals surface area contributed by atoms with Gasteiger partial charge < -0.3 is 4.98 Å². The predicted molar refractivity (Wildman–Crippen MR) is 79.1 cm³/mol. The van der Waals surface area contributed by atoms with Crippen molar-refractivity contribution in [3.8, 4) is 22.1 Å². The summed E-state index contributed by atoms with van der Waals surface area (Å²) in [6.45, 7) is 2.18. The molecule has 0 aliphatic carbocycles. The van der Waals surface area contributed by atoms with Gasteiger partial charge in [0, 0.05) is 11.9 Å². The number of nitrogens with zero attached hydrogens (tertiary/aromatic N) is 2. The molecule has 0 bridgehead atoms. The Kier molecular flexibility index (Phi) is 3.42. The number of thiophene rings is 1. The molecule has 0 amide bonds. The fraction of sp³-hybridized carbons (Fsp3) is 0.200. The normalized spacial score (nSPS) is 10.8. The van der Waals surface area contributed by atoms with Gasteiger partial charge in [-0.15, -0.1) is 11.3 Å². The molecule has 3 nitrogen and oxygen atoms in total. The van der Waals surface area contributed by atoms with Crippen molar-refractivity contribution in [2.24, 2.45) is 0 Å². The lowest BCUT2D eigenvalue weighted by Crippen LogP contribution is -1.86. The second-order valence-corrected chi connectivity index (χ2v) is 5.30. The predicted octanol–water partition coefficient (Wildman–Crippen LogP) is 4.15. The molecular weight excluding hydrogens is 254 g/mol. The molecule has 96 valence electrons. The van der Waals surface area contributed by atoms with Crippen LogP contribution in [0.25, 0.3) is 22.1 Å². The van der Waals surface area contributed by atoms with Crippen LogP contribution in [0, 0.1) is 0 Å². The summed E-state index contributed by atoms with van der Waals surface area (Å²) in [4.78, 5) is 13.7.